The Labute approximate surface area is 104 Å². The minimum atomic E-state index is -4.20. The lowest BCUT2D eigenvalue weighted by Crippen LogP contribution is -2.36. The van der Waals surface area contributed by atoms with Crippen LogP contribution in [-0.2, 0) is 0 Å². The van der Waals surface area contributed by atoms with Gasteiger partial charge >= 0.3 is 6.18 Å². The number of nitrogens with zero attached hydrogens (tertiary/aromatic N) is 1. The van der Waals surface area contributed by atoms with E-state index in [4.69, 9.17) is 0 Å². The fourth-order valence-corrected chi connectivity index (χ4v) is 1.59. The average molecular weight is 264 g/mol. The molecule has 1 aromatic carbocycles. The van der Waals surface area contributed by atoms with Crippen LogP contribution in [0.3, 0.4) is 0 Å². The Bertz CT molecular complexity index is 365. The van der Waals surface area contributed by atoms with Crippen molar-refractivity contribution in [3.05, 3.63) is 30.1 Å². The molecule has 0 heterocycles. The fourth-order valence-electron chi connectivity index (χ4n) is 1.59. The second kappa shape index (κ2) is 6.58. The van der Waals surface area contributed by atoms with Crippen LogP contribution < -0.4 is 10.2 Å². The molecule has 0 spiro atoms. The smallest absolute Gasteiger partial charge is 0.370 e. The van der Waals surface area contributed by atoms with Crippen LogP contribution in [0.25, 0.3) is 0 Å². The van der Waals surface area contributed by atoms with E-state index < -0.39 is 12.7 Å². The predicted molar refractivity (Wildman–Crippen MR) is 63.2 cm³/mol. The van der Waals surface area contributed by atoms with Gasteiger partial charge in [-0.15, -0.1) is 0 Å². The highest BCUT2D eigenvalue weighted by Gasteiger charge is 2.26. The minimum absolute atomic E-state index is 0.198. The summed E-state index contributed by atoms with van der Waals surface area (Å²) in [5.74, 6) is -0.353. The summed E-state index contributed by atoms with van der Waals surface area (Å²) in [6, 6.07) is 6.01. The minimum Gasteiger partial charge on any atom is -0.370 e. The Balaban J connectivity index is 2.43. The van der Waals surface area contributed by atoms with E-state index in [0.29, 0.717) is 18.8 Å². The van der Waals surface area contributed by atoms with Gasteiger partial charge in [0, 0.05) is 25.3 Å². The Morgan fingerprint density at radius 1 is 1.28 bits per heavy atom. The van der Waals surface area contributed by atoms with Gasteiger partial charge in [-0.3, -0.25) is 0 Å². The fraction of sp³-hybridized carbons (Fsp3) is 0.500. The third-order valence-corrected chi connectivity index (χ3v) is 2.44. The zero-order valence-corrected chi connectivity index (χ0v) is 10.1. The van der Waals surface area contributed by atoms with Gasteiger partial charge in [0.2, 0.25) is 0 Å². The molecular weight excluding hydrogens is 248 g/mol. The molecule has 0 radical (unpaired) electrons. The van der Waals surface area contributed by atoms with E-state index in [1.54, 1.807) is 12.1 Å². The Morgan fingerprint density at radius 3 is 2.56 bits per heavy atom. The van der Waals surface area contributed by atoms with Crippen molar-refractivity contribution in [1.29, 1.82) is 0 Å². The number of anilines is 1. The number of alkyl halides is 3. The molecule has 0 saturated heterocycles. The van der Waals surface area contributed by atoms with Gasteiger partial charge in [-0.05, 0) is 25.1 Å². The molecule has 0 unspecified atom stereocenters. The molecule has 2 nitrogen and oxygen atoms in total. The lowest BCUT2D eigenvalue weighted by molar-refractivity contribution is -0.124. The van der Waals surface area contributed by atoms with E-state index in [1.807, 2.05) is 11.8 Å². The highest BCUT2D eigenvalue weighted by Crippen LogP contribution is 2.15. The third kappa shape index (κ3) is 5.35. The van der Waals surface area contributed by atoms with Gasteiger partial charge in [0.15, 0.2) is 0 Å². The summed E-state index contributed by atoms with van der Waals surface area (Å²) in [4.78, 5) is 1.81. The number of nitrogens with one attached hydrogen (secondary N) is 1. The second-order valence-electron chi connectivity index (χ2n) is 3.85. The van der Waals surface area contributed by atoms with Crippen molar-refractivity contribution in [2.45, 2.75) is 13.1 Å². The van der Waals surface area contributed by atoms with Crippen LogP contribution >= 0.6 is 0 Å². The molecule has 0 aliphatic rings. The monoisotopic (exact) mass is 264 g/mol. The highest BCUT2D eigenvalue weighted by atomic mass is 19.4. The SMILES string of the molecule is CCN(CCNCC(F)(F)F)c1cccc(F)c1. The topological polar surface area (TPSA) is 15.3 Å². The summed E-state index contributed by atoms with van der Waals surface area (Å²) in [6.07, 6.45) is -4.20. The van der Waals surface area contributed by atoms with Crippen LogP contribution in [0, 0.1) is 5.82 Å². The summed E-state index contributed by atoms with van der Waals surface area (Å²) < 4.78 is 48.8. The lowest BCUT2D eigenvalue weighted by atomic mass is 10.2. The molecule has 0 fully saturated rings. The van der Waals surface area contributed by atoms with Crippen LogP contribution in [0.5, 0.6) is 0 Å². The van der Waals surface area contributed by atoms with Crippen LogP contribution in [0.15, 0.2) is 24.3 Å². The largest absolute Gasteiger partial charge is 0.401 e. The molecule has 0 aliphatic carbocycles. The van der Waals surface area contributed by atoms with E-state index in [1.165, 1.54) is 12.1 Å². The quantitative estimate of drug-likeness (QED) is 0.628. The van der Waals surface area contributed by atoms with E-state index in [2.05, 4.69) is 5.32 Å². The van der Waals surface area contributed by atoms with Crippen molar-refractivity contribution in [1.82, 2.24) is 5.32 Å². The molecule has 1 aromatic rings. The molecule has 102 valence electrons. The first-order valence-corrected chi connectivity index (χ1v) is 5.70. The number of rotatable bonds is 6. The molecule has 18 heavy (non-hydrogen) atoms. The van der Waals surface area contributed by atoms with Gasteiger partial charge in [0.25, 0.3) is 0 Å². The number of likely N-dealkylation sites (N-methyl/N-ethyl adjacent to an activating group) is 1. The van der Waals surface area contributed by atoms with Crippen molar-refractivity contribution < 1.29 is 17.6 Å². The molecular formula is C12H16F4N2. The number of hydrogen-bond donors (Lipinski definition) is 1. The first-order chi connectivity index (χ1) is 8.42. The van der Waals surface area contributed by atoms with E-state index in [0.717, 1.165) is 0 Å². The molecule has 1 N–H and O–H groups in total. The summed E-state index contributed by atoms with van der Waals surface area (Å²) in [6.45, 7) is 2.07. The van der Waals surface area contributed by atoms with Gasteiger partial charge in [-0.25, -0.2) is 4.39 Å². The van der Waals surface area contributed by atoms with Gasteiger partial charge in [0.1, 0.15) is 5.82 Å². The van der Waals surface area contributed by atoms with Crippen molar-refractivity contribution >= 4 is 5.69 Å². The van der Waals surface area contributed by atoms with E-state index in [-0.39, 0.29) is 12.4 Å². The molecule has 0 atom stereocenters. The van der Waals surface area contributed by atoms with Crippen LogP contribution in [0.4, 0.5) is 23.2 Å². The first-order valence-electron chi connectivity index (χ1n) is 5.70. The number of benzene rings is 1. The van der Waals surface area contributed by atoms with Gasteiger partial charge in [-0.2, -0.15) is 13.2 Å². The molecule has 0 amide bonds. The molecule has 0 bridgehead atoms. The van der Waals surface area contributed by atoms with Crippen molar-refractivity contribution in [2.75, 3.05) is 31.1 Å². The van der Waals surface area contributed by atoms with Crippen LogP contribution in [0.1, 0.15) is 6.92 Å². The normalized spacial score (nSPS) is 11.6. The molecule has 6 heteroatoms. The lowest BCUT2D eigenvalue weighted by Gasteiger charge is -2.23. The third-order valence-electron chi connectivity index (χ3n) is 2.44. The number of hydrogen-bond acceptors (Lipinski definition) is 2. The standard InChI is InChI=1S/C12H16F4N2/c1-2-18(7-6-17-9-12(14,15)16)11-5-3-4-10(13)8-11/h3-5,8,17H,2,6-7,9H2,1H3. The summed E-state index contributed by atoms with van der Waals surface area (Å²) >= 11 is 0. The zero-order valence-electron chi connectivity index (χ0n) is 10.1. The van der Waals surface area contributed by atoms with Crippen molar-refractivity contribution in [2.24, 2.45) is 0 Å². The van der Waals surface area contributed by atoms with E-state index >= 15 is 0 Å². The number of halogens is 4. The van der Waals surface area contributed by atoms with Crippen LogP contribution in [0.2, 0.25) is 0 Å². The zero-order chi connectivity index (χ0) is 13.6. The maximum Gasteiger partial charge on any atom is 0.401 e. The van der Waals surface area contributed by atoms with Crippen LogP contribution in [-0.4, -0.2) is 32.4 Å². The molecule has 0 aromatic heterocycles. The Kier molecular flexibility index (Phi) is 5.40. The maximum absolute atomic E-state index is 13.0. The van der Waals surface area contributed by atoms with Gasteiger partial charge in [0.05, 0.1) is 6.54 Å². The average Bonchev–Trinajstić information content (AvgIpc) is 2.27. The predicted octanol–water partition coefficient (Wildman–Crippen LogP) is 2.80. The second-order valence-corrected chi connectivity index (χ2v) is 3.85. The van der Waals surface area contributed by atoms with Gasteiger partial charge in [-0.1, -0.05) is 6.07 Å². The Hall–Kier alpha value is -1.30. The van der Waals surface area contributed by atoms with Gasteiger partial charge < -0.3 is 10.2 Å². The Morgan fingerprint density at radius 2 is 2.00 bits per heavy atom. The summed E-state index contributed by atoms with van der Waals surface area (Å²) in [5.41, 5.74) is 0.673. The maximum atomic E-state index is 13.0. The van der Waals surface area contributed by atoms with E-state index in [9.17, 15) is 17.6 Å². The first kappa shape index (κ1) is 14.8. The summed E-state index contributed by atoms with van der Waals surface area (Å²) in [5, 5.41) is 2.31. The summed E-state index contributed by atoms with van der Waals surface area (Å²) in [7, 11) is 0. The molecule has 1 rings (SSSR count). The van der Waals surface area contributed by atoms with Crippen molar-refractivity contribution in [3.8, 4) is 0 Å². The molecule has 0 saturated carbocycles. The van der Waals surface area contributed by atoms with Crippen molar-refractivity contribution in [3.63, 3.8) is 0 Å². The highest BCUT2D eigenvalue weighted by molar-refractivity contribution is 5.46. The molecule has 0 aliphatic heterocycles.